The topological polar surface area (TPSA) is 83.5 Å². The van der Waals surface area contributed by atoms with Gasteiger partial charge in [0.1, 0.15) is 4.90 Å². The van der Waals surface area contributed by atoms with Crippen LogP contribution in [0.3, 0.4) is 0 Å². The van der Waals surface area contributed by atoms with Gasteiger partial charge in [-0.1, -0.05) is 42.5 Å². The van der Waals surface area contributed by atoms with Crippen molar-refractivity contribution >= 4 is 32.5 Å². The van der Waals surface area contributed by atoms with Crippen LogP contribution in [0.15, 0.2) is 71.6 Å². The van der Waals surface area contributed by atoms with Gasteiger partial charge < -0.3 is 5.32 Å². The van der Waals surface area contributed by atoms with Crippen LogP contribution >= 0.6 is 0 Å². The molecule has 0 aliphatic heterocycles. The van der Waals surface area contributed by atoms with Gasteiger partial charge in [0.25, 0.3) is 16.0 Å². The lowest BCUT2D eigenvalue weighted by Gasteiger charge is -2.10. The SMILES string of the molecule is O=C(Nc1cccc2c(S(=O)(=O)O)cccc12)c1ccccc1. The van der Waals surface area contributed by atoms with Crippen molar-refractivity contribution in [2.75, 3.05) is 5.32 Å². The average molecular weight is 327 g/mol. The van der Waals surface area contributed by atoms with E-state index in [2.05, 4.69) is 5.32 Å². The maximum absolute atomic E-state index is 12.3. The van der Waals surface area contributed by atoms with Crippen molar-refractivity contribution < 1.29 is 17.8 Å². The second-order valence-electron chi connectivity index (χ2n) is 4.95. The van der Waals surface area contributed by atoms with Crippen LogP contribution < -0.4 is 5.32 Å². The summed E-state index contributed by atoms with van der Waals surface area (Å²) in [6.07, 6.45) is 0. The summed E-state index contributed by atoms with van der Waals surface area (Å²) in [6.45, 7) is 0. The molecule has 3 aromatic carbocycles. The Morgan fingerprint density at radius 2 is 1.48 bits per heavy atom. The number of carbonyl (C=O) groups is 1. The highest BCUT2D eigenvalue weighted by molar-refractivity contribution is 7.86. The normalized spacial score (nSPS) is 11.3. The summed E-state index contributed by atoms with van der Waals surface area (Å²) in [5.74, 6) is -0.296. The highest BCUT2D eigenvalue weighted by atomic mass is 32.2. The van der Waals surface area contributed by atoms with Gasteiger partial charge in [0.05, 0.1) is 0 Å². The summed E-state index contributed by atoms with van der Waals surface area (Å²) in [5.41, 5.74) is 0.970. The Balaban J connectivity index is 2.08. The van der Waals surface area contributed by atoms with E-state index >= 15 is 0 Å². The van der Waals surface area contributed by atoms with Gasteiger partial charge in [-0.05, 0) is 24.3 Å². The van der Waals surface area contributed by atoms with Gasteiger partial charge >= 0.3 is 0 Å². The Morgan fingerprint density at radius 3 is 2.17 bits per heavy atom. The molecular formula is C17H13NO4S. The van der Waals surface area contributed by atoms with Crippen LogP contribution in [0.4, 0.5) is 5.69 Å². The molecule has 3 rings (SSSR count). The van der Waals surface area contributed by atoms with E-state index in [1.54, 1.807) is 48.5 Å². The molecule has 0 unspecified atom stereocenters. The molecule has 0 aliphatic rings. The van der Waals surface area contributed by atoms with Gasteiger partial charge in [-0.25, -0.2) is 0 Å². The smallest absolute Gasteiger partial charge is 0.295 e. The van der Waals surface area contributed by atoms with E-state index in [1.807, 2.05) is 6.07 Å². The Kier molecular flexibility index (Phi) is 3.85. The number of carbonyl (C=O) groups excluding carboxylic acids is 1. The number of hydrogen-bond acceptors (Lipinski definition) is 3. The van der Waals surface area contributed by atoms with Crippen molar-refractivity contribution in [3.8, 4) is 0 Å². The van der Waals surface area contributed by atoms with E-state index in [1.165, 1.54) is 12.1 Å². The number of anilines is 1. The van der Waals surface area contributed by atoms with E-state index in [0.717, 1.165) is 0 Å². The highest BCUT2D eigenvalue weighted by Gasteiger charge is 2.15. The minimum Gasteiger partial charge on any atom is -0.321 e. The minimum absolute atomic E-state index is 0.189. The van der Waals surface area contributed by atoms with E-state index in [4.69, 9.17) is 0 Å². The quantitative estimate of drug-likeness (QED) is 0.723. The second-order valence-corrected chi connectivity index (χ2v) is 6.34. The van der Waals surface area contributed by atoms with Crippen molar-refractivity contribution in [3.05, 3.63) is 72.3 Å². The first-order valence-corrected chi connectivity index (χ1v) is 8.26. The molecule has 0 aromatic heterocycles. The van der Waals surface area contributed by atoms with Gasteiger partial charge in [0.2, 0.25) is 0 Å². The molecule has 0 fully saturated rings. The van der Waals surface area contributed by atoms with E-state index in [-0.39, 0.29) is 10.8 Å². The molecule has 1 amide bonds. The lowest BCUT2D eigenvalue weighted by molar-refractivity contribution is 0.102. The number of amides is 1. The number of fused-ring (bicyclic) bond motifs is 1. The van der Waals surface area contributed by atoms with Crippen LogP contribution in [0.1, 0.15) is 10.4 Å². The number of hydrogen-bond donors (Lipinski definition) is 2. The predicted octanol–water partition coefficient (Wildman–Crippen LogP) is 3.34. The first kappa shape index (κ1) is 15.2. The number of benzene rings is 3. The monoisotopic (exact) mass is 327 g/mol. The molecule has 5 nitrogen and oxygen atoms in total. The first-order valence-electron chi connectivity index (χ1n) is 6.82. The number of nitrogens with one attached hydrogen (secondary N) is 1. The fourth-order valence-electron chi connectivity index (χ4n) is 2.40. The van der Waals surface area contributed by atoms with Crippen LogP contribution in [0, 0.1) is 0 Å². The third kappa shape index (κ3) is 3.08. The summed E-state index contributed by atoms with van der Waals surface area (Å²) in [5, 5.41) is 3.65. The van der Waals surface area contributed by atoms with Crippen LogP contribution in [0.5, 0.6) is 0 Å². The molecule has 0 radical (unpaired) electrons. The Morgan fingerprint density at radius 1 is 0.826 bits per heavy atom. The molecule has 116 valence electrons. The first-order chi connectivity index (χ1) is 11.0. The van der Waals surface area contributed by atoms with Crippen LogP contribution in [-0.2, 0) is 10.1 Å². The van der Waals surface area contributed by atoms with Gasteiger partial charge in [-0.15, -0.1) is 0 Å². The molecule has 0 saturated carbocycles. The van der Waals surface area contributed by atoms with Gasteiger partial charge in [-0.2, -0.15) is 8.42 Å². The summed E-state index contributed by atoms with van der Waals surface area (Å²) in [4.78, 5) is 12.1. The van der Waals surface area contributed by atoms with Crippen molar-refractivity contribution in [1.82, 2.24) is 0 Å². The summed E-state index contributed by atoms with van der Waals surface area (Å²) < 4.78 is 32.3. The minimum atomic E-state index is -4.34. The molecule has 0 heterocycles. The Bertz CT molecular complexity index is 982. The van der Waals surface area contributed by atoms with Gasteiger partial charge in [0, 0.05) is 22.0 Å². The second kappa shape index (κ2) is 5.83. The average Bonchev–Trinajstić information content (AvgIpc) is 2.54. The largest absolute Gasteiger partial charge is 0.321 e. The standard InChI is InChI=1S/C17H13NO4S/c19-17(12-6-2-1-3-7-12)18-15-10-4-9-14-13(15)8-5-11-16(14)23(20,21)22/h1-11H,(H,18,19)(H,20,21,22). The van der Waals surface area contributed by atoms with Gasteiger partial charge in [0.15, 0.2) is 0 Å². The third-order valence-corrected chi connectivity index (χ3v) is 4.36. The molecule has 2 N–H and O–H groups in total. The fraction of sp³-hybridized carbons (Fsp3) is 0. The maximum Gasteiger partial charge on any atom is 0.295 e. The highest BCUT2D eigenvalue weighted by Crippen LogP contribution is 2.29. The molecule has 0 saturated heterocycles. The fourth-order valence-corrected chi connectivity index (χ4v) is 3.11. The van der Waals surface area contributed by atoms with Crippen LogP contribution in [0.2, 0.25) is 0 Å². The zero-order chi connectivity index (χ0) is 16.4. The summed E-state index contributed by atoms with van der Waals surface area (Å²) >= 11 is 0. The van der Waals surface area contributed by atoms with Gasteiger partial charge in [-0.3, -0.25) is 9.35 Å². The van der Waals surface area contributed by atoms with Crippen molar-refractivity contribution in [3.63, 3.8) is 0 Å². The Hall–Kier alpha value is -2.70. The third-order valence-electron chi connectivity index (χ3n) is 3.44. The lowest BCUT2D eigenvalue weighted by atomic mass is 10.1. The van der Waals surface area contributed by atoms with E-state index < -0.39 is 10.1 Å². The van der Waals surface area contributed by atoms with E-state index in [0.29, 0.717) is 22.0 Å². The molecule has 0 aliphatic carbocycles. The molecule has 23 heavy (non-hydrogen) atoms. The van der Waals surface area contributed by atoms with Crippen molar-refractivity contribution in [2.24, 2.45) is 0 Å². The number of rotatable bonds is 3. The molecule has 3 aromatic rings. The zero-order valence-electron chi connectivity index (χ0n) is 11.9. The maximum atomic E-state index is 12.3. The van der Waals surface area contributed by atoms with E-state index in [9.17, 15) is 17.8 Å². The predicted molar refractivity (Wildman–Crippen MR) is 88.2 cm³/mol. The summed E-state index contributed by atoms with van der Waals surface area (Å²) in [7, 11) is -4.34. The molecule has 0 bridgehead atoms. The molecule has 0 spiro atoms. The zero-order valence-corrected chi connectivity index (χ0v) is 12.7. The van der Waals surface area contributed by atoms with Crippen molar-refractivity contribution in [1.29, 1.82) is 0 Å². The summed E-state index contributed by atoms with van der Waals surface area (Å²) in [6, 6.07) is 18.1. The Labute approximate surface area is 133 Å². The lowest BCUT2D eigenvalue weighted by Crippen LogP contribution is -2.12. The molecule has 6 heteroatoms. The molecule has 0 atom stereocenters. The van der Waals surface area contributed by atoms with Crippen LogP contribution in [-0.4, -0.2) is 18.9 Å². The molecular weight excluding hydrogens is 314 g/mol. The van der Waals surface area contributed by atoms with Crippen molar-refractivity contribution in [2.45, 2.75) is 4.90 Å². The van der Waals surface area contributed by atoms with Crippen LogP contribution in [0.25, 0.3) is 10.8 Å².